The predicted octanol–water partition coefficient (Wildman–Crippen LogP) is 8.02. The maximum absolute atomic E-state index is 14.2. The van der Waals surface area contributed by atoms with Crippen LogP contribution >= 0.6 is 11.8 Å². The highest BCUT2D eigenvalue weighted by Crippen LogP contribution is 2.39. The smallest absolute Gasteiger partial charge is 0.323 e. The highest BCUT2D eigenvalue weighted by atomic mass is 32.2. The maximum Gasteiger partial charge on any atom is 0.323 e. The van der Waals surface area contributed by atoms with Crippen LogP contribution in [0.3, 0.4) is 0 Å². The van der Waals surface area contributed by atoms with Crippen LogP contribution in [0.2, 0.25) is 0 Å². The van der Waals surface area contributed by atoms with E-state index < -0.39 is 11.6 Å². The Hall–Kier alpha value is -4.52. The van der Waals surface area contributed by atoms with Crippen LogP contribution in [0.4, 0.5) is 0 Å². The molecule has 1 N–H and O–H groups in total. The largest absolute Gasteiger partial charge is 0.497 e. The fraction of sp³-hybridized carbons (Fsp3) is 0.205. The van der Waals surface area contributed by atoms with Crippen LogP contribution < -0.4 is 14.8 Å². The number of benzene rings is 4. The number of hydrogen-bond acceptors (Lipinski definition) is 6. The number of nitrogens with one attached hydrogen (secondary N) is 1. The molecule has 0 saturated carbocycles. The molecular weight excluding hydrogens is 578 g/mol. The van der Waals surface area contributed by atoms with Crippen LogP contribution in [0.15, 0.2) is 145 Å². The van der Waals surface area contributed by atoms with Crippen molar-refractivity contribution >= 4 is 17.7 Å². The number of ether oxygens (including phenoxy) is 3. The van der Waals surface area contributed by atoms with E-state index in [0.717, 1.165) is 45.7 Å². The minimum Gasteiger partial charge on any atom is -0.497 e. The van der Waals surface area contributed by atoms with Crippen molar-refractivity contribution < 1.29 is 19.0 Å². The van der Waals surface area contributed by atoms with Gasteiger partial charge in [0.1, 0.15) is 30.1 Å². The van der Waals surface area contributed by atoms with Gasteiger partial charge in [0, 0.05) is 0 Å². The first-order valence-electron chi connectivity index (χ1n) is 15.0. The first-order valence-corrected chi connectivity index (χ1v) is 16.4. The van der Waals surface area contributed by atoms with Gasteiger partial charge in [0.25, 0.3) is 0 Å². The monoisotopic (exact) mass is 617 g/mol. The standard InChI is InChI=1S/C39H39NO4S/c1-42-35-23-21-31(22-24-35)28-43-38(41)37(27-30-19-25-36(26-20-30)44-29-45-2)40-39(33-15-9-5-10-16-33,34-17-11-6-12-18-34)32-13-7-3-4-8-14-32/h3,5-26,37,40H,4,27-29H2,1-2H3/t37-/m1/s1. The molecule has 1 atom stereocenters. The number of esters is 1. The quantitative estimate of drug-likeness (QED) is 0.114. The van der Waals surface area contributed by atoms with E-state index in [1.54, 1.807) is 18.9 Å². The second kappa shape index (κ2) is 16.0. The van der Waals surface area contributed by atoms with E-state index >= 15 is 0 Å². The van der Waals surface area contributed by atoms with Crippen LogP contribution in [0.1, 0.15) is 28.7 Å². The van der Waals surface area contributed by atoms with E-state index in [1.807, 2.05) is 91.2 Å². The average Bonchev–Trinajstić information content (AvgIpc) is 3.40. The molecule has 1 aliphatic carbocycles. The molecule has 230 valence electrons. The molecule has 0 aliphatic heterocycles. The summed E-state index contributed by atoms with van der Waals surface area (Å²) in [6, 6.07) is 35.4. The van der Waals surface area contributed by atoms with Gasteiger partial charge in [-0.05, 0) is 71.2 Å². The van der Waals surface area contributed by atoms with Gasteiger partial charge in [-0.2, -0.15) is 0 Å². The van der Waals surface area contributed by atoms with E-state index in [1.165, 1.54) is 0 Å². The van der Waals surface area contributed by atoms with Crippen molar-refractivity contribution in [2.45, 2.75) is 31.0 Å². The zero-order valence-electron chi connectivity index (χ0n) is 25.7. The number of carbonyl (C=O) groups excluding carboxylic acids is 1. The Morgan fingerprint density at radius 1 is 0.822 bits per heavy atom. The van der Waals surface area contributed by atoms with Gasteiger partial charge in [0.2, 0.25) is 0 Å². The number of methoxy groups -OCH3 is 1. The molecule has 5 nitrogen and oxygen atoms in total. The Labute approximate surface area is 270 Å². The highest BCUT2D eigenvalue weighted by Gasteiger charge is 2.41. The van der Waals surface area contributed by atoms with Gasteiger partial charge < -0.3 is 14.2 Å². The third-order valence-corrected chi connectivity index (χ3v) is 8.10. The molecular formula is C39H39NO4S. The summed E-state index contributed by atoms with van der Waals surface area (Å²) in [6.07, 6.45) is 13.9. The molecule has 0 fully saturated rings. The van der Waals surface area contributed by atoms with E-state index in [0.29, 0.717) is 12.4 Å². The summed E-state index contributed by atoms with van der Waals surface area (Å²) >= 11 is 1.62. The lowest BCUT2D eigenvalue weighted by atomic mass is 9.75. The fourth-order valence-electron chi connectivity index (χ4n) is 5.47. The Morgan fingerprint density at radius 2 is 1.44 bits per heavy atom. The van der Waals surface area contributed by atoms with Crippen LogP contribution in [-0.2, 0) is 28.1 Å². The minimum absolute atomic E-state index is 0.150. The van der Waals surface area contributed by atoms with Crippen molar-refractivity contribution in [2.24, 2.45) is 0 Å². The lowest BCUT2D eigenvalue weighted by Gasteiger charge is -2.40. The van der Waals surface area contributed by atoms with E-state index in [2.05, 4.69) is 60.0 Å². The van der Waals surface area contributed by atoms with E-state index in [9.17, 15) is 4.79 Å². The number of carbonyl (C=O) groups is 1. The predicted molar refractivity (Wildman–Crippen MR) is 184 cm³/mol. The molecule has 0 radical (unpaired) electrons. The Kier molecular flexibility index (Phi) is 11.3. The van der Waals surface area contributed by atoms with E-state index in [-0.39, 0.29) is 12.6 Å². The molecule has 0 spiro atoms. The van der Waals surface area contributed by atoms with Crippen molar-refractivity contribution in [1.29, 1.82) is 0 Å². The third kappa shape index (κ3) is 8.15. The van der Waals surface area contributed by atoms with Crippen LogP contribution in [0.5, 0.6) is 11.5 Å². The first-order chi connectivity index (χ1) is 22.1. The molecule has 0 unspecified atom stereocenters. The SMILES string of the molecule is COc1ccc(COC(=O)[C@@H](Cc2ccc(OCSC)cc2)NC(C2=CC=CCC=C2)(c2ccccc2)c2ccccc2)cc1. The van der Waals surface area contributed by atoms with Crippen molar-refractivity contribution in [1.82, 2.24) is 5.32 Å². The Morgan fingerprint density at radius 3 is 2.07 bits per heavy atom. The first kappa shape index (κ1) is 31.9. The summed E-state index contributed by atoms with van der Waals surface area (Å²) in [5.74, 6) is 1.79. The van der Waals surface area contributed by atoms with Crippen molar-refractivity contribution in [3.05, 3.63) is 167 Å². The molecule has 6 heteroatoms. The molecule has 0 amide bonds. The third-order valence-electron chi connectivity index (χ3n) is 7.75. The summed E-state index contributed by atoms with van der Waals surface area (Å²) in [5.41, 5.74) is 4.11. The van der Waals surface area contributed by atoms with Gasteiger partial charge in [0.15, 0.2) is 0 Å². The van der Waals surface area contributed by atoms with Gasteiger partial charge in [-0.3, -0.25) is 10.1 Å². The molecule has 4 aromatic rings. The lowest BCUT2D eigenvalue weighted by molar-refractivity contribution is -0.148. The van der Waals surface area contributed by atoms with Crippen LogP contribution in [0, 0.1) is 0 Å². The van der Waals surface area contributed by atoms with Gasteiger partial charge in [-0.1, -0.05) is 115 Å². The number of allylic oxidation sites excluding steroid dienone is 4. The normalized spacial score (nSPS) is 13.4. The molecule has 0 aromatic heterocycles. The maximum atomic E-state index is 14.2. The lowest BCUT2D eigenvalue weighted by Crippen LogP contribution is -2.54. The van der Waals surface area contributed by atoms with Crippen molar-refractivity contribution in [2.75, 3.05) is 19.3 Å². The van der Waals surface area contributed by atoms with Gasteiger partial charge >= 0.3 is 5.97 Å². The minimum atomic E-state index is -0.848. The summed E-state index contributed by atoms with van der Waals surface area (Å²) in [5, 5.41) is 3.87. The average molecular weight is 618 g/mol. The Balaban J connectivity index is 1.56. The van der Waals surface area contributed by atoms with Crippen LogP contribution in [0.25, 0.3) is 0 Å². The molecule has 0 heterocycles. The Bertz CT molecular complexity index is 1560. The molecule has 1 aliphatic rings. The molecule has 0 bridgehead atoms. The summed E-state index contributed by atoms with van der Waals surface area (Å²) < 4.78 is 17.1. The zero-order chi connectivity index (χ0) is 31.3. The van der Waals surface area contributed by atoms with Gasteiger partial charge in [0.05, 0.1) is 12.6 Å². The second-order valence-corrected chi connectivity index (χ2v) is 11.5. The molecule has 4 aromatic carbocycles. The number of hydrogen-bond donors (Lipinski definition) is 1. The van der Waals surface area contributed by atoms with E-state index in [4.69, 9.17) is 14.2 Å². The van der Waals surface area contributed by atoms with Crippen molar-refractivity contribution in [3.63, 3.8) is 0 Å². The highest BCUT2D eigenvalue weighted by molar-refractivity contribution is 7.98. The molecule has 5 rings (SSSR count). The summed E-state index contributed by atoms with van der Waals surface area (Å²) in [4.78, 5) is 14.2. The zero-order valence-corrected chi connectivity index (χ0v) is 26.5. The van der Waals surface area contributed by atoms with Crippen molar-refractivity contribution in [3.8, 4) is 11.5 Å². The van der Waals surface area contributed by atoms with Gasteiger partial charge in [-0.25, -0.2) is 0 Å². The molecule has 0 saturated heterocycles. The molecule has 45 heavy (non-hydrogen) atoms. The van der Waals surface area contributed by atoms with Crippen LogP contribution in [-0.4, -0.2) is 31.3 Å². The van der Waals surface area contributed by atoms with Gasteiger partial charge in [-0.15, -0.1) is 11.8 Å². The summed E-state index contributed by atoms with van der Waals surface area (Å²) in [6.45, 7) is 0.150. The second-order valence-electron chi connectivity index (χ2n) is 10.7. The number of thioether (sulfide) groups is 1. The fourth-order valence-corrected chi connectivity index (χ4v) is 5.73. The topological polar surface area (TPSA) is 56.8 Å². The number of rotatable bonds is 14. The summed E-state index contributed by atoms with van der Waals surface area (Å²) in [7, 11) is 1.63.